The molecule has 0 fully saturated rings. The van der Waals surface area contributed by atoms with E-state index in [1.807, 2.05) is 6.92 Å². The van der Waals surface area contributed by atoms with Crippen LogP contribution in [0.2, 0.25) is 0 Å². The zero-order valence-electron chi connectivity index (χ0n) is 13.1. The van der Waals surface area contributed by atoms with Crippen LogP contribution >= 0.6 is 15.9 Å². The number of aromatic nitrogens is 2. The van der Waals surface area contributed by atoms with Crippen molar-refractivity contribution in [3.63, 3.8) is 0 Å². The minimum absolute atomic E-state index is 0.0258. The molecule has 0 aliphatic carbocycles. The number of hydrogen-bond acceptors (Lipinski definition) is 7. The van der Waals surface area contributed by atoms with Crippen LogP contribution in [-0.4, -0.2) is 35.6 Å². The molecule has 2 unspecified atom stereocenters. The van der Waals surface area contributed by atoms with Crippen molar-refractivity contribution in [3.8, 4) is 0 Å². The second-order valence-electron chi connectivity index (χ2n) is 5.26. The Morgan fingerprint density at radius 3 is 2.42 bits per heavy atom. The van der Waals surface area contributed by atoms with E-state index in [1.54, 1.807) is 25.3 Å². The molecule has 0 radical (unpaired) electrons. The topological polar surface area (TPSA) is 130 Å². The molecule has 5 N–H and O–H groups in total. The molecule has 2 rings (SSSR count). The Hall–Kier alpha value is -1.75. The summed E-state index contributed by atoms with van der Waals surface area (Å²) in [6, 6.07) is 5.72. The quantitative estimate of drug-likeness (QED) is 0.565. The molecule has 8 nitrogen and oxygen atoms in total. The van der Waals surface area contributed by atoms with Crippen LogP contribution in [0.15, 0.2) is 39.8 Å². The van der Waals surface area contributed by atoms with E-state index in [2.05, 4.69) is 36.5 Å². The van der Waals surface area contributed by atoms with Gasteiger partial charge in [0.25, 0.3) is 0 Å². The summed E-state index contributed by atoms with van der Waals surface area (Å²) in [5.74, 6) is 0.851. The summed E-state index contributed by atoms with van der Waals surface area (Å²) in [7, 11) is -3.73. The third kappa shape index (κ3) is 4.87. The number of anilines is 3. The van der Waals surface area contributed by atoms with Crippen molar-refractivity contribution >= 4 is 43.4 Å². The van der Waals surface area contributed by atoms with Gasteiger partial charge >= 0.3 is 0 Å². The number of primary sulfonamides is 1. The van der Waals surface area contributed by atoms with Gasteiger partial charge in [0, 0.05) is 11.9 Å². The number of nitrogens with one attached hydrogen (secondary N) is 2. The first-order valence-electron chi connectivity index (χ1n) is 7.04. The lowest BCUT2D eigenvalue weighted by Crippen LogP contribution is -2.28. The molecule has 1 heterocycles. The first-order valence-corrected chi connectivity index (χ1v) is 9.38. The highest BCUT2D eigenvalue weighted by molar-refractivity contribution is 9.10. The van der Waals surface area contributed by atoms with Crippen molar-refractivity contribution in [1.82, 2.24) is 9.97 Å². The molecule has 0 saturated carbocycles. The number of aliphatic hydroxyl groups is 1. The van der Waals surface area contributed by atoms with Crippen molar-refractivity contribution < 1.29 is 13.5 Å². The molecule has 0 saturated heterocycles. The maximum absolute atomic E-state index is 11.2. The SMILES string of the molecule is CC(O)C(C)Nc1nc(Nc2ccc(S(N)(=O)=O)cc2)ncc1Br. The Balaban J connectivity index is 2.18. The van der Waals surface area contributed by atoms with Crippen LogP contribution in [0.25, 0.3) is 0 Å². The number of rotatable bonds is 6. The number of sulfonamides is 1. The Bertz CT molecular complexity index is 812. The second kappa shape index (κ2) is 7.43. The maximum Gasteiger partial charge on any atom is 0.238 e. The van der Waals surface area contributed by atoms with Crippen LogP contribution in [0.5, 0.6) is 0 Å². The summed E-state index contributed by atoms with van der Waals surface area (Å²) in [4.78, 5) is 8.50. The van der Waals surface area contributed by atoms with E-state index in [0.717, 1.165) is 0 Å². The zero-order chi connectivity index (χ0) is 17.9. The largest absolute Gasteiger partial charge is 0.391 e. The van der Waals surface area contributed by atoms with Crippen molar-refractivity contribution in [2.24, 2.45) is 5.14 Å². The van der Waals surface area contributed by atoms with Gasteiger partial charge in [-0.2, -0.15) is 4.98 Å². The summed E-state index contributed by atoms with van der Waals surface area (Å²) in [5, 5.41) is 20.7. The maximum atomic E-state index is 11.2. The number of nitrogens with two attached hydrogens (primary N) is 1. The van der Waals surface area contributed by atoms with Gasteiger partial charge in [0.15, 0.2) is 0 Å². The first kappa shape index (κ1) is 18.6. The summed E-state index contributed by atoms with van der Waals surface area (Å²) in [6.45, 7) is 3.51. The predicted octanol–water partition coefficient (Wildman–Crippen LogP) is 1.81. The van der Waals surface area contributed by atoms with Gasteiger partial charge in [-0.3, -0.25) is 0 Å². The molecule has 0 aliphatic heterocycles. The molecule has 0 bridgehead atoms. The van der Waals surface area contributed by atoms with Gasteiger partial charge in [0.1, 0.15) is 5.82 Å². The van der Waals surface area contributed by atoms with Crippen LogP contribution in [0, 0.1) is 0 Å². The molecular formula is C14H18BrN5O3S. The van der Waals surface area contributed by atoms with Crippen molar-refractivity contribution in [2.75, 3.05) is 10.6 Å². The van der Waals surface area contributed by atoms with Gasteiger partial charge in [0.05, 0.1) is 21.5 Å². The summed E-state index contributed by atoms with van der Waals surface area (Å²) < 4.78 is 23.1. The monoisotopic (exact) mass is 415 g/mol. The fraction of sp³-hybridized carbons (Fsp3) is 0.286. The molecule has 2 atom stereocenters. The number of nitrogens with zero attached hydrogens (tertiary/aromatic N) is 2. The molecule has 10 heteroatoms. The smallest absolute Gasteiger partial charge is 0.238 e. The van der Waals surface area contributed by atoms with E-state index in [1.165, 1.54) is 12.1 Å². The lowest BCUT2D eigenvalue weighted by Gasteiger charge is -2.18. The first-order chi connectivity index (χ1) is 11.2. The van der Waals surface area contributed by atoms with E-state index >= 15 is 0 Å². The Morgan fingerprint density at radius 1 is 1.25 bits per heavy atom. The van der Waals surface area contributed by atoms with E-state index in [-0.39, 0.29) is 10.9 Å². The fourth-order valence-corrected chi connectivity index (χ4v) is 2.54. The number of halogens is 1. The average Bonchev–Trinajstić information content (AvgIpc) is 2.50. The minimum atomic E-state index is -3.73. The van der Waals surface area contributed by atoms with Gasteiger partial charge < -0.3 is 15.7 Å². The van der Waals surface area contributed by atoms with Crippen molar-refractivity contribution in [2.45, 2.75) is 30.9 Å². The number of aliphatic hydroxyl groups excluding tert-OH is 1. The molecule has 0 spiro atoms. The fourth-order valence-electron chi connectivity index (χ4n) is 1.72. The van der Waals surface area contributed by atoms with Crippen LogP contribution in [0.1, 0.15) is 13.8 Å². The molecule has 130 valence electrons. The van der Waals surface area contributed by atoms with Crippen LogP contribution in [0.3, 0.4) is 0 Å². The Kier molecular flexibility index (Phi) is 5.75. The van der Waals surface area contributed by atoms with Crippen LogP contribution < -0.4 is 15.8 Å². The molecule has 1 aromatic heterocycles. The minimum Gasteiger partial charge on any atom is -0.391 e. The predicted molar refractivity (Wildman–Crippen MR) is 95.6 cm³/mol. The summed E-state index contributed by atoms with van der Waals surface area (Å²) in [6.07, 6.45) is 1.03. The Morgan fingerprint density at radius 2 is 1.88 bits per heavy atom. The third-order valence-corrected chi connectivity index (χ3v) is 4.78. The van der Waals surface area contributed by atoms with Crippen molar-refractivity contribution in [3.05, 3.63) is 34.9 Å². The van der Waals surface area contributed by atoms with E-state index in [4.69, 9.17) is 5.14 Å². The molecule has 2 aromatic rings. The average molecular weight is 416 g/mol. The van der Waals surface area contributed by atoms with Gasteiger partial charge in [-0.05, 0) is 54.0 Å². The van der Waals surface area contributed by atoms with E-state index in [0.29, 0.717) is 21.9 Å². The molecule has 1 aromatic carbocycles. The van der Waals surface area contributed by atoms with E-state index in [9.17, 15) is 13.5 Å². The highest BCUT2D eigenvalue weighted by atomic mass is 79.9. The Labute approximate surface area is 148 Å². The van der Waals surface area contributed by atoms with Gasteiger partial charge in [0.2, 0.25) is 16.0 Å². The standard InChI is InChI=1S/C14H18BrN5O3S/c1-8(9(2)21)18-13-12(15)7-17-14(20-13)19-10-3-5-11(6-4-10)24(16,22)23/h3-9,21H,1-2H3,(H2,16,22,23)(H2,17,18,19,20). The molecule has 0 amide bonds. The summed E-state index contributed by atoms with van der Waals surface area (Å²) in [5.41, 5.74) is 0.610. The highest BCUT2D eigenvalue weighted by Crippen LogP contribution is 2.23. The van der Waals surface area contributed by atoms with Crippen LogP contribution in [0.4, 0.5) is 17.5 Å². The van der Waals surface area contributed by atoms with Gasteiger partial charge in [-0.25, -0.2) is 18.5 Å². The van der Waals surface area contributed by atoms with Crippen LogP contribution in [-0.2, 0) is 10.0 Å². The number of hydrogen-bond donors (Lipinski definition) is 4. The third-order valence-electron chi connectivity index (χ3n) is 3.27. The summed E-state index contributed by atoms with van der Waals surface area (Å²) >= 11 is 3.35. The lowest BCUT2D eigenvalue weighted by molar-refractivity contribution is 0.177. The molecule has 0 aliphatic rings. The molecular weight excluding hydrogens is 398 g/mol. The van der Waals surface area contributed by atoms with Crippen molar-refractivity contribution in [1.29, 1.82) is 0 Å². The number of benzene rings is 1. The van der Waals surface area contributed by atoms with Gasteiger partial charge in [-0.15, -0.1) is 0 Å². The van der Waals surface area contributed by atoms with E-state index < -0.39 is 16.1 Å². The molecule has 24 heavy (non-hydrogen) atoms. The highest BCUT2D eigenvalue weighted by Gasteiger charge is 2.13. The normalized spacial score (nSPS) is 14.0. The second-order valence-corrected chi connectivity index (χ2v) is 7.67. The van der Waals surface area contributed by atoms with Gasteiger partial charge in [-0.1, -0.05) is 0 Å². The zero-order valence-corrected chi connectivity index (χ0v) is 15.5. The lowest BCUT2D eigenvalue weighted by atomic mass is 10.2.